The SMILES string of the molecule is CCc1nccn1Cc1cc(C#Cc2ccc(CCCN3CCOCC3)cc2)on1. The van der Waals surface area contributed by atoms with Gasteiger partial charge in [-0.05, 0) is 43.0 Å². The third-order valence-electron chi connectivity index (χ3n) is 5.34. The van der Waals surface area contributed by atoms with E-state index in [0.29, 0.717) is 12.3 Å². The number of imidazole rings is 1. The fourth-order valence-corrected chi connectivity index (χ4v) is 3.64. The molecule has 3 aromatic rings. The molecule has 0 N–H and O–H groups in total. The van der Waals surface area contributed by atoms with E-state index in [2.05, 4.69) is 62.6 Å². The van der Waals surface area contributed by atoms with E-state index >= 15 is 0 Å². The van der Waals surface area contributed by atoms with Crippen molar-refractivity contribution in [1.29, 1.82) is 0 Å². The van der Waals surface area contributed by atoms with E-state index in [1.54, 1.807) is 0 Å². The summed E-state index contributed by atoms with van der Waals surface area (Å²) in [5.41, 5.74) is 3.18. The monoisotopic (exact) mass is 404 g/mol. The van der Waals surface area contributed by atoms with Crippen molar-refractivity contribution >= 4 is 0 Å². The molecule has 0 amide bonds. The highest BCUT2D eigenvalue weighted by Gasteiger charge is 2.09. The molecular weight excluding hydrogens is 376 g/mol. The summed E-state index contributed by atoms with van der Waals surface area (Å²) >= 11 is 0. The Balaban J connectivity index is 1.28. The predicted octanol–water partition coefficient (Wildman–Crippen LogP) is 3.15. The Morgan fingerprint density at radius 3 is 2.73 bits per heavy atom. The van der Waals surface area contributed by atoms with Gasteiger partial charge in [0.15, 0.2) is 0 Å². The molecule has 1 aliphatic heterocycles. The molecule has 0 aliphatic carbocycles. The molecule has 0 radical (unpaired) electrons. The van der Waals surface area contributed by atoms with E-state index in [1.807, 2.05) is 18.5 Å². The number of aromatic nitrogens is 3. The number of ether oxygens (including phenoxy) is 1. The van der Waals surface area contributed by atoms with Crippen LogP contribution in [0.1, 0.15) is 41.8 Å². The van der Waals surface area contributed by atoms with Gasteiger partial charge in [-0.25, -0.2) is 4.98 Å². The van der Waals surface area contributed by atoms with E-state index in [9.17, 15) is 0 Å². The predicted molar refractivity (Wildman–Crippen MR) is 115 cm³/mol. The second-order valence-electron chi connectivity index (χ2n) is 7.51. The van der Waals surface area contributed by atoms with Gasteiger partial charge in [0, 0.05) is 43.5 Å². The zero-order valence-electron chi connectivity index (χ0n) is 17.5. The topological polar surface area (TPSA) is 56.3 Å². The summed E-state index contributed by atoms with van der Waals surface area (Å²) in [5.74, 6) is 7.86. The molecule has 0 unspecified atom stereocenters. The summed E-state index contributed by atoms with van der Waals surface area (Å²) in [6, 6.07) is 10.4. The van der Waals surface area contributed by atoms with Gasteiger partial charge in [0.25, 0.3) is 0 Å². The van der Waals surface area contributed by atoms with Crippen molar-refractivity contribution in [3.8, 4) is 11.8 Å². The Kier molecular flexibility index (Phi) is 6.96. The molecule has 30 heavy (non-hydrogen) atoms. The Hall–Kier alpha value is -2.88. The highest BCUT2D eigenvalue weighted by atomic mass is 16.5. The van der Waals surface area contributed by atoms with Crippen LogP contribution in [0.25, 0.3) is 0 Å². The van der Waals surface area contributed by atoms with Crippen LogP contribution in [0.2, 0.25) is 0 Å². The molecular formula is C24H28N4O2. The molecule has 4 rings (SSSR count). The van der Waals surface area contributed by atoms with Gasteiger partial charge >= 0.3 is 0 Å². The normalized spacial score (nSPS) is 14.4. The summed E-state index contributed by atoms with van der Waals surface area (Å²) in [7, 11) is 0. The minimum Gasteiger partial charge on any atom is -0.379 e. The molecule has 3 heterocycles. The molecule has 0 spiro atoms. The molecule has 0 saturated carbocycles. The first kappa shape index (κ1) is 20.4. The van der Waals surface area contributed by atoms with Gasteiger partial charge in [0.1, 0.15) is 11.5 Å². The number of hydrogen-bond acceptors (Lipinski definition) is 5. The maximum Gasteiger partial charge on any atom is 0.210 e. The van der Waals surface area contributed by atoms with Gasteiger partial charge in [-0.1, -0.05) is 30.1 Å². The summed E-state index contributed by atoms with van der Waals surface area (Å²) in [5, 5.41) is 4.13. The van der Waals surface area contributed by atoms with Crippen LogP contribution in [0.3, 0.4) is 0 Å². The molecule has 0 bridgehead atoms. The van der Waals surface area contributed by atoms with Crippen LogP contribution in [-0.4, -0.2) is 52.5 Å². The second-order valence-corrected chi connectivity index (χ2v) is 7.51. The Labute approximate surface area is 177 Å². The summed E-state index contributed by atoms with van der Waals surface area (Å²) < 4.78 is 12.8. The molecule has 1 aliphatic rings. The number of nitrogens with zero attached hydrogens (tertiary/aromatic N) is 4. The molecule has 1 saturated heterocycles. The Morgan fingerprint density at radius 1 is 1.10 bits per heavy atom. The fraction of sp³-hybridized carbons (Fsp3) is 0.417. The molecule has 1 fully saturated rings. The average molecular weight is 405 g/mol. The largest absolute Gasteiger partial charge is 0.379 e. The number of morpholine rings is 1. The van der Waals surface area contributed by atoms with Crippen molar-refractivity contribution in [2.45, 2.75) is 32.7 Å². The van der Waals surface area contributed by atoms with Crippen LogP contribution >= 0.6 is 0 Å². The van der Waals surface area contributed by atoms with Gasteiger partial charge in [0.2, 0.25) is 5.76 Å². The molecule has 6 nitrogen and oxygen atoms in total. The lowest BCUT2D eigenvalue weighted by Gasteiger charge is -2.26. The first-order chi connectivity index (χ1) is 14.8. The van der Waals surface area contributed by atoms with E-state index in [-0.39, 0.29) is 0 Å². The van der Waals surface area contributed by atoms with Crippen LogP contribution in [0.4, 0.5) is 0 Å². The zero-order valence-corrected chi connectivity index (χ0v) is 17.5. The van der Waals surface area contributed by atoms with Gasteiger partial charge in [-0.2, -0.15) is 0 Å². The van der Waals surface area contributed by atoms with E-state index in [0.717, 1.165) is 62.8 Å². The fourth-order valence-electron chi connectivity index (χ4n) is 3.64. The van der Waals surface area contributed by atoms with Crippen LogP contribution in [0.5, 0.6) is 0 Å². The minimum atomic E-state index is 0.581. The van der Waals surface area contributed by atoms with Crippen LogP contribution < -0.4 is 0 Å². The lowest BCUT2D eigenvalue weighted by molar-refractivity contribution is 0.0375. The number of hydrogen-bond donors (Lipinski definition) is 0. The van der Waals surface area contributed by atoms with Crippen LogP contribution in [-0.2, 0) is 24.1 Å². The smallest absolute Gasteiger partial charge is 0.210 e. The van der Waals surface area contributed by atoms with Crippen LogP contribution in [0.15, 0.2) is 47.2 Å². The molecule has 2 aromatic heterocycles. The van der Waals surface area contributed by atoms with Gasteiger partial charge in [-0.3, -0.25) is 4.90 Å². The highest BCUT2D eigenvalue weighted by Crippen LogP contribution is 2.10. The first-order valence-corrected chi connectivity index (χ1v) is 10.7. The van der Waals surface area contributed by atoms with E-state index < -0.39 is 0 Å². The second kappa shape index (κ2) is 10.2. The molecule has 0 atom stereocenters. The standard InChI is InChI=1S/C24H28N4O2/c1-2-24-25-11-13-28(24)19-22-18-23(30-26-22)10-9-21-7-5-20(6-8-21)4-3-12-27-14-16-29-17-15-27/h5-8,11,13,18H,2-4,12,14-17,19H2,1H3. The molecule has 1 aromatic carbocycles. The summed E-state index contributed by atoms with van der Waals surface area (Å²) in [6.45, 7) is 7.71. The van der Waals surface area contributed by atoms with Crippen molar-refractivity contribution in [2.75, 3.05) is 32.8 Å². The third kappa shape index (κ3) is 5.59. The molecule has 156 valence electrons. The van der Waals surface area contributed by atoms with Gasteiger partial charge in [-0.15, -0.1) is 0 Å². The van der Waals surface area contributed by atoms with Gasteiger partial charge in [0.05, 0.1) is 19.8 Å². The van der Waals surface area contributed by atoms with Crippen molar-refractivity contribution in [1.82, 2.24) is 19.6 Å². The van der Waals surface area contributed by atoms with Crippen molar-refractivity contribution < 1.29 is 9.26 Å². The lowest BCUT2D eigenvalue weighted by atomic mass is 10.1. The quantitative estimate of drug-likeness (QED) is 0.566. The maximum atomic E-state index is 5.40. The minimum absolute atomic E-state index is 0.581. The van der Waals surface area contributed by atoms with Crippen molar-refractivity contribution in [3.63, 3.8) is 0 Å². The highest BCUT2D eigenvalue weighted by molar-refractivity contribution is 5.40. The summed E-state index contributed by atoms with van der Waals surface area (Å²) in [6.07, 6.45) is 6.92. The zero-order chi connectivity index (χ0) is 20.6. The number of aryl methyl sites for hydroxylation is 2. The number of benzene rings is 1. The first-order valence-electron chi connectivity index (χ1n) is 10.7. The third-order valence-corrected chi connectivity index (χ3v) is 5.34. The maximum absolute atomic E-state index is 5.40. The van der Waals surface area contributed by atoms with E-state index in [4.69, 9.17) is 9.26 Å². The van der Waals surface area contributed by atoms with Crippen LogP contribution in [0, 0.1) is 11.8 Å². The Bertz CT molecular complexity index is 988. The Morgan fingerprint density at radius 2 is 1.93 bits per heavy atom. The van der Waals surface area contributed by atoms with Crippen molar-refractivity contribution in [3.05, 3.63) is 71.1 Å². The average Bonchev–Trinajstić information content (AvgIpc) is 3.43. The van der Waals surface area contributed by atoms with Gasteiger partial charge < -0.3 is 13.8 Å². The molecule has 6 heteroatoms. The number of rotatable bonds is 7. The lowest BCUT2D eigenvalue weighted by Crippen LogP contribution is -2.36. The van der Waals surface area contributed by atoms with E-state index in [1.165, 1.54) is 12.0 Å². The van der Waals surface area contributed by atoms with Crippen molar-refractivity contribution in [2.24, 2.45) is 0 Å². The summed E-state index contributed by atoms with van der Waals surface area (Å²) in [4.78, 5) is 6.81.